The highest BCUT2D eigenvalue weighted by molar-refractivity contribution is 5.90. The topological polar surface area (TPSA) is 77.6 Å². The molecule has 0 spiro atoms. The zero-order valence-corrected chi connectivity index (χ0v) is 14.1. The Balaban J connectivity index is 1.43. The number of amides is 1. The molecule has 3 heterocycles. The van der Waals surface area contributed by atoms with Crippen LogP contribution in [0.2, 0.25) is 0 Å². The van der Waals surface area contributed by atoms with Crippen LogP contribution in [0.1, 0.15) is 35.4 Å². The van der Waals surface area contributed by atoms with Crippen molar-refractivity contribution < 1.29 is 4.79 Å². The molecule has 1 N–H and O–H groups in total. The number of rotatable bonds is 4. The molecule has 1 aliphatic heterocycles. The normalized spacial score (nSPS) is 16.4. The van der Waals surface area contributed by atoms with Crippen LogP contribution in [0.4, 0.5) is 0 Å². The number of nitrogens with one attached hydrogen (secondary N) is 1. The third-order valence-electron chi connectivity index (χ3n) is 4.50. The molecule has 25 heavy (non-hydrogen) atoms. The van der Waals surface area contributed by atoms with E-state index in [0.29, 0.717) is 18.3 Å². The maximum absolute atomic E-state index is 12.5. The first kappa shape index (κ1) is 15.6. The van der Waals surface area contributed by atoms with Gasteiger partial charge in [-0.2, -0.15) is 5.10 Å². The number of nitrogens with zero attached hydrogens (tertiary/aromatic N) is 5. The fourth-order valence-corrected chi connectivity index (χ4v) is 3.09. The van der Waals surface area contributed by atoms with Crippen LogP contribution in [-0.2, 0) is 19.5 Å². The third-order valence-corrected chi connectivity index (χ3v) is 4.50. The Bertz CT molecular complexity index is 882. The van der Waals surface area contributed by atoms with Crippen LogP contribution in [-0.4, -0.2) is 30.5 Å². The van der Waals surface area contributed by atoms with Gasteiger partial charge in [-0.15, -0.1) is 10.2 Å². The first-order chi connectivity index (χ1) is 12.2. The van der Waals surface area contributed by atoms with Crippen LogP contribution in [0.25, 0.3) is 5.69 Å². The number of benzene rings is 1. The van der Waals surface area contributed by atoms with Crippen LogP contribution in [0.3, 0.4) is 0 Å². The number of para-hydroxylation sites is 1. The van der Waals surface area contributed by atoms with Crippen LogP contribution < -0.4 is 5.32 Å². The molecule has 1 unspecified atom stereocenters. The summed E-state index contributed by atoms with van der Waals surface area (Å²) in [5.74, 6) is 1.65. The molecule has 0 aliphatic carbocycles. The van der Waals surface area contributed by atoms with E-state index in [4.69, 9.17) is 0 Å². The van der Waals surface area contributed by atoms with E-state index >= 15 is 0 Å². The highest BCUT2D eigenvalue weighted by Crippen LogP contribution is 2.19. The SMILES string of the molecule is CC1CCc2nnc(C(=O)NCc3cnn(-c4ccccc4)c3)n2C1. The Morgan fingerprint density at radius 3 is 2.96 bits per heavy atom. The monoisotopic (exact) mass is 336 g/mol. The van der Waals surface area contributed by atoms with Crippen molar-refractivity contribution in [3.05, 3.63) is 59.9 Å². The van der Waals surface area contributed by atoms with Crippen molar-refractivity contribution in [3.63, 3.8) is 0 Å². The Morgan fingerprint density at radius 1 is 1.28 bits per heavy atom. The minimum atomic E-state index is -0.194. The lowest BCUT2D eigenvalue weighted by Crippen LogP contribution is -2.29. The van der Waals surface area contributed by atoms with E-state index in [-0.39, 0.29) is 5.91 Å². The molecular weight excluding hydrogens is 316 g/mol. The van der Waals surface area contributed by atoms with Crippen molar-refractivity contribution in [2.75, 3.05) is 0 Å². The second-order valence-electron chi connectivity index (χ2n) is 6.51. The minimum Gasteiger partial charge on any atom is -0.345 e. The lowest BCUT2D eigenvalue weighted by Gasteiger charge is -2.20. The zero-order chi connectivity index (χ0) is 17.2. The molecule has 3 aromatic rings. The number of fused-ring (bicyclic) bond motifs is 1. The van der Waals surface area contributed by atoms with Gasteiger partial charge in [-0.25, -0.2) is 4.68 Å². The van der Waals surface area contributed by atoms with Gasteiger partial charge in [0, 0.05) is 31.3 Å². The Hall–Kier alpha value is -2.96. The number of aromatic nitrogens is 5. The van der Waals surface area contributed by atoms with E-state index in [2.05, 4.69) is 27.5 Å². The number of hydrogen-bond acceptors (Lipinski definition) is 4. The van der Waals surface area contributed by atoms with Gasteiger partial charge in [-0.1, -0.05) is 25.1 Å². The van der Waals surface area contributed by atoms with Gasteiger partial charge in [0.2, 0.25) is 5.82 Å². The Labute approximate surface area is 145 Å². The van der Waals surface area contributed by atoms with Gasteiger partial charge in [0.05, 0.1) is 11.9 Å². The van der Waals surface area contributed by atoms with Crippen LogP contribution >= 0.6 is 0 Å². The second-order valence-corrected chi connectivity index (χ2v) is 6.51. The molecule has 0 fully saturated rings. The first-order valence-electron chi connectivity index (χ1n) is 8.50. The largest absolute Gasteiger partial charge is 0.345 e. The van der Waals surface area contributed by atoms with Crippen LogP contribution in [0.15, 0.2) is 42.7 Å². The van der Waals surface area contributed by atoms with E-state index in [9.17, 15) is 4.79 Å². The molecule has 1 aromatic carbocycles. The molecule has 0 saturated heterocycles. The van der Waals surface area contributed by atoms with Crippen molar-refractivity contribution in [2.45, 2.75) is 32.9 Å². The summed E-state index contributed by atoms with van der Waals surface area (Å²) in [5, 5.41) is 15.5. The quantitative estimate of drug-likeness (QED) is 0.790. The summed E-state index contributed by atoms with van der Waals surface area (Å²) in [6, 6.07) is 9.87. The van der Waals surface area contributed by atoms with E-state index in [1.807, 2.05) is 41.1 Å². The van der Waals surface area contributed by atoms with E-state index in [1.54, 1.807) is 10.9 Å². The van der Waals surface area contributed by atoms with Gasteiger partial charge in [0.25, 0.3) is 5.91 Å². The zero-order valence-electron chi connectivity index (χ0n) is 14.1. The standard InChI is InChI=1S/C18H20N6O/c1-13-7-8-16-21-22-17(23(16)11-13)18(25)19-9-14-10-20-24(12-14)15-5-3-2-4-6-15/h2-6,10,12-13H,7-9,11H2,1H3,(H,19,25). The fourth-order valence-electron chi connectivity index (χ4n) is 3.09. The summed E-state index contributed by atoms with van der Waals surface area (Å²) in [6.07, 6.45) is 5.65. The maximum Gasteiger partial charge on any atom is 0.289 e. The molecular formula is C18H20N6O. The van der Waals surface area contributed by atoms with Gasteiger partial charge in [-0.05, 0) is 24.5 Å². The molecule has 0 bridgehead atoms. The van der Waals surface area contributed by atoms with Crippen molar-refractivity contribution in [1.82, 2.24) is 29.9 Å². The third kappa shape index (κ3) is 3.17. The molecule has 1 aliphatic rings. The van der Waals surface area contributed by atoms with Crippen LogP contribution in [0, 0.1) is 5.92 Å². The van der Waals surface area contributed by atoms with E-state index in [0.717, 1.165) is 36.5 Å². The molecule has 1 atom stereocenters. The highest BCUT2D eigenvalue weighted by Gasteiger charge is 2.23. The van der Waals surface area contributed by atoms with Crippen molar-refractivity contribution in [3.8, 4) is 5.69 Å². The Kier molecular flexibility index (Phi) is 4.05. The number of aryl methyl sites for hydroxylation is 1. The number of carbonyl (C=O) groups excluding carboxylic acids is 1. The lowest BCUT2D eigenvalue weighted by molar-refractivity contribution is 0.0933. The molecule has 128 valence electrons. The van der Waals surface area contributed by atoms with E-state index < -0.39 is 0 Å². The summed E-state index contributed by atoms with van der Waals surface area (Å²) in [4.78, 5) is 12.5. The molecule has 4 rings (SSSR count). The lowest BCUT2D eigenvalue weighted by atomic mass is 10.0. The average Bonchev–Trinajstić information content (AvgIpc) is 3.27. The molecule has 1 amide bonds. The molecule has 7 nitrogen and oxygen atoms in total. The predicted molar refractivity (Wildman–Crippen MR) is 92.2 cm³/mol. The molecule has 0 radical (unpaired) electrons. The summed E-state index contributed by atoms with van der Waals surface area (Å²) < 4.78 is 3.74. The van der Waals surface area contributed by atoms with Gasteiger partial charge < -0.3 is 9.88 Å². The molecule has 7 heteroatoms. The van der Waals surface area contributed by atoms with Crippen molar-refractivity contribution >= 4 is 5.91 Å². The number of carbonyl (C=O) groups is 1. The summed E-state index contributed by atoms with van der Waals surface area (Å²) >= 11 is 0. The maximum atomic E-state index is 12.5. The molecule has 0 saturated carbocycles. The van der Waals surface area contributed by atoms with Gasteiger partial charge >= 0.3 is 0 Å². The van der Waals surface area contributed by atoms with Crippen molar-refractivity contribution in [2.24, 2.45) is 5.92 Å². The van der Waals surface area contributed by atoms with E-state index in [1.165, 1.54) is 0 Å². The average molecular weight is 336 g/mol. The van der Waals surface area contributed by atoms with Crippen molar-refractivity contribution in [1.29, 1.82) is 0 Å². The smallest absolute Gasteiger partial charge is 0.289 e. The molecule has 2 aromatic heterocycles. The number of hydrogen-bond donors (Lipinski definition) is 1. The van der Waals surface area contributed by atoms with Gasteiger partial charge in [-0.3, -0.25) is 4.79 Å². The summed E-state index contributed by atoms with van der Waals surface area (Å²) in [5.41, 5.74) is 1.92. The summed E-state index contributed by atoms with van der Waals surface area (Å²) in [7, 11) is 0. The van der Waals surface area contributed by atoms with Crippen LogP contribution in [0.5, 0.6) is 0 Å². The first-order valence-corrected chi connectivity index (χ1v) is 8.50. The summed E-state index contributed by atoms with van der Waals surface area (Å²) in [6.45, 7) is 3.39. The second kappa shape index (κ2) is 6.51. The van der Waals surface area contributed by atoms with Gasteiger partial charge in [0.1, 0.15) is 5.82 Å². The van der Waals surface area contributed by atoms with Gasteiger partial charge in [0.15, 0.2) is 0 Å². The Morgan fingerprint density at radius 2 is 2.12 bits per heavy atom. The minimum absolute atomic E-state index is 0.194. The predicted octanol–water partition coefficient (Wildman–Crippen LogP) is 1.98. The highest BCUT2D eigenvalue weighted by atomic mass is 16.2. The fraction of sp³-hybridized carbons (Fsp3) is 0.333.